The Labute approximate surface area is 100 Å². The van der Waals surface area contributed by atoms with E-state index in [9.17, 15) is 5.11 Å². The Kier molecular flexibility index (Phi) is 5.11. The minimum Gasteiger partial charge on any atom is -0.396 e. The van der Waals surface area contributed by atoms with Crippen molar-refractivity contribution in [2.24, 2.45) is 11.8 Å². The predicted octanol–water partition coefficient (Wildman–Crippen LogP) is 2.66. The van der Waals surface area contributed by atoms with Crippen molar-refractivity contribution in [3.8, 4) is 0 Å². The van der Waals surface area contributed by atoms with E-state index < -0.39 is 0 Å². The Balaban J connectivity index is 1.78. The van der Waals surface area contributed by atoms with E-state index in [1.807, 2.05) is 0 Å². The lowest BCUT2D eigenvalue weighted by molar-refractivity contribution is 0.0938. The van der Waals surface area contributed by atoms with Crippen LogP contribution in [0.4, 0.5) is 0 Å². The van der Waals surface area contributed by atoms with Crippen LogP contribution in [0.15, 0.2) is 0 Å². The molecule has 0 aromatic rings. The number of hydrogen-bond donors (Lipinski definition) is 1. The van der Waals surface area contributed by atoms with E-state index in [4.69, 9.17) is 0 Å². The van der Waals surface area contributed by atoms with Crippen molar-refractivity contribution in [1.29, 1.82) is 0 Å². The van der Waals surface area contributed by atoms with Gasteiger partial charge < -0.3 is 10.0 Å². The molecule has 0 spiro atoms. The van der Waals surface area contributed by atoms with Gasteiger partial charge in [-0.15, -0.1) is 0 Å². The van der Waals surface area contributed by atoms with E-state index in [-0.39, 0.29) is 0 Å². The van der Waals surface area contributed by atoms with E-state index in [0.717, 1.165) is 12.5 Å². The molecule has 1 unspecified atom stereocenters. The first-order valence-electron chi connectivity index (χ1n) is 7.23. The molecule has 2 fully saturated rings. The third-order valence-corrected chi connectivity index (χ3v) is 4.49. The molecule has 94 valence electrons. The topological polar surface area (TPSA) is 23.5 Å². The highest BCUT2D eigenvalue weighted by Crippen LogP contribution is 2.30. The molecule has 1 aliphatic carbocycles. The summed E-state index contributed by atoms with van der Waals surface area (Å²) in [5.74, 6) is 1.36. The van der Waals surface area contributed by atoms with Crippen LogP contribution in [0.25, 0.3) is 0 Å². The third kappa shape index (κ3) is 3.46. The summed E-state index contributed by atoms with van der Waals surface area (Å²) in [7, 11) is 0. The average molecular weight is 225 g/mol. The fourth-order valence-corrected chi connectivity index (χ4v) is 3.44. The maximum atomic E-state index is 9.58. The van der Waals surface area contributed by atoms with Gasteiger partial charge in [-0.2, -0.15) is 0 Å². The standard InChI is InChI=1S/C14H27NO/c16-12-14(13-7-3-1-4-8-13)11-15-9-5-2-6-10-15/h13-14,16H,1-12H2. The zero-order valence-electron chi connectivity index (χ0n) is 10.5. The highest BCUT2D eigenvalue weighted by Gasteiger charge is 2.25. The number of nitrogens with zero attached hydrogens (tertiary/aromatic N) is 1. The van der Waals surface area contributed by atoms with Crippen LogP contribution in [-0.4, -0.2) is 36.2 Å². The normalized spacial score (nSPS) is 26.8. The summed E-state index contributed by atoms with van der Waals surface area (Å²) in [5, 5.41) is 9.58. The van der Waals surface area contributed by atoms with Gasteiger partial charge in [0.1, 0.15) is 0 Å². The number of aliphatic hydroxyl groups is 1. The zero-order valence-corrected chi connectivity index (χ0v) is 10.5. The molecule has 1 N–H and O–H groups in total. The number of likely N-dealkylation sites (tertiary alicyclic amines) is 1. The SMILES string of the molecule is OCC(CN1CCCCC1)C1CCCCC1. The van der Waals surface area contributed by atoms with Gasteiger partial charge in [-0.05, 0) is 37.8 Å². The van der Waals surface area contributed by atoms with Crippen LogP contribution < -0.4 is 0 Å². The summed E-state index contributed by atoms with van der Waals surface area (Å²) in [6.07, 6.45) is 11.0. The van der Waals surface area contributed by atoms with Gasteiger partial charge in [0.15, 0.2) is 0 Å². The summed E-state index contributed by atoms with van der Waals surface area (Å²) in [5.41, 5.74) is 0. The maximum absolute atomic E-state index is 9.58. The van der Waals surface area contributed by atoms with E-state index >= 15 is 0 Å². The van der Waals surface area contributed by atoms with Gasteiger partial charge >= 0.3 is 0 Å². The van der Waals surface area contributed by atoms with Crippen LogP contribution in [-0.2, 0) is 0 Å². The van der Waals surface area contributed by atoms with Crippen molar-refractivity contribution in [2.75, 3.05) is 26.2 Å². The zero-order chi connectivity index (χ0) is 11.2. The minimum absolute atomic E-state index is 0.404. The molecule has 1 aliphatic heterocycles. The first kappa shape index (κ1) is 12.4. The summed E-state index contributed by atoms with van der Waals surface area (Å²) >= 11 is 0. The summed E-state index contributed by atoms with van der Waals surface area (Å²) in [6.45, 7) is 4.09. The molecule has 16 heavy (non-hydrogen) atoms. The lowest BCUT2D eigenvalue weighted by Gasteiger charge is -2.35. The summed E-state index contributed by atoms with van der Waals surface area (Å²) in [4.78, 5) is 2.58. The predicted molar refractivity (Wildman–Crippen MR) is 67.4 cm³/mol. The van der Waals surface area contributed by atoms with Gasteiger partial charge in [0.2, 0.25) is 0 Å². The van der Waals surface area contributed by atoms with E-state index in [1.165, 1.54) is 64.5 Å². The van der Waals surface area contributed by atoms with Crippen molar-refractivity contribution in [3.05, 3.63) is 0 Å². The Hall–Kier alpha value is -0.0800. The highest BCUT2D eigenvalue weighted by atomic mass is 16.3. The van der Waals surface area contributed by atoms with Gasteiger partial charge in [0.25, 0.3) is 0 Å². The van der Waals surface area contributed by atoms with E-state index in [0.29, 0.717) is 12.5 Å². The molecule has 1 atom stereocenters. The molecule has 0 amide bonds. The molecule has 1 heterocycles. The second-order valence-electron chi connectivity index (χ2n) is 5.70. The van der Waals surface area contributed by atoms with Crippen LogP contribution in [0.1, 0.15) is 51.4 Å². The number of hydrogen-bond acceptors (Lipinski definition) is 2. The fourth-order valence-electron chi connectivity index (χ4n) is 3.44. The highest BCUT2D eigenvalue weighted by molar-refractivity contribution is 4.77. The van der Waals surface area contributed by atoms with Crippen molar-refractivity contribution < 1.29 is 5.11 Å². The third-order valence-electron chi connectivity index (χ3n) is 4.49. The Morgan fingerprint density at radius 3 is 2.19 bits per heavy atom. The monoisotopic (exact) mass is 225 g/mol. The Morgan fingerprint density at radius 1 is 0.938 bits per heavy atom. The lowest BCUT2D eigenvalue weighted by atomic mass is 9.80. The molecule has 0 bridgehead atoms. The largest absolute Gasteiger partial charge is 0.396 e. The Morgan fingerprint density at radius 2 is 1.56 bits per heavy atom. The fraction of sp³-hybridized carbons (Fsp3) is 1.00. The van der Waals surface area contributed by atoms with Crippen molar-refractivity contribution in [1.82, 2.24) is 4.90 Å². The van der Waals surface area contributed by atoms with Gasteiger partial charge in [-0.25, -0.2) is 0 Å². The minimum atomic E-state index is 0.404. The summed E-state index contributed by atoms with van der Waals surface area (Å²) in [6, 6.07) is 0. The van der Waals surface area contributed by atoms with Crippen LogP contribution in [0, 0.1) is 11.8 Å². The van der Waals surface area contributed by atoms with Crippen LogP contribution in [0.5, 0.6) is 0 Å². The molecule has 2 aliphatic rings. The molecular formula is C14H27NO. The van der Waals surface area contributed by atoms with E-state index in [1.54, 1.807) is 0 Å². The molecule has 0 aromatic heterocycles. The van der Waals surface area contributed by atoms with Crippen molar-refractivity contribution in [2.45, 2.75) is 51.4 Å². The maximum Gasteiger partial charge on any atom is 0.0474 e. The number of rotatable bonds is 4. The second kappa shape index (κ2) is 6.61. The van der Waals surface area contributed by atoms with Gasteiger partial charge in [0.05, 0.1) is 0 Å². The molecule has 1 saturated heterocycles. The van der Waals surface area contributed by atoms with Crippen LogP contribution in [0.2, 0.25) is 0 Å². The molecule has 2 rings (SSSR count). The van der Waals surface area contributed by atoms with Crippen molar-refractivity contribution >= 4 is 0 Å². The average Bonchev–Trinajstić information content (AvgIpc) is 2.38. The number of piperidine rings is 1. The summed E-state index contributed by atoms with van der Waals surface area (Å²) < 4.78 is 0. The first-order chi connectivity index (χ1) is 7.90. The van der Waals surface area contributed by atoms with Crippen LogP contribution >= 0.6 is 0 Å². The molecule has 1 saturated carbocycles. The van der Waals surface area contributed by atoms with Gasteiger partial charge in [-0.1, -0.05) is 38.5 Å². The molecule has 2 heteroatoms. The van der Waals surface area contributed by atoms with Gasteiger partial charge in [0, 0.05) is 13.2 Å². The molecule has 0 radical (unpaired) electrons. The smallest absolute Gasteiger partial charge is 0.0474 e. The first-order valence-corrected chi connectivity index (χ1v) is 7.23. The van der Waals surface area contributed by atoms with Crippen molar-refractivity contribution in [3.63, 3.8) is 0 Å². The lowest BCUT2D eigenvalue weighted by Crippen LogP contribution is -2.38. The molecular weight excluding hydrogens is 198 g/mol. The Bertz CT molecular complexity index is 183. The van der Waals surface area contributed by atoms with Gasteiger partial charge in [-0.3, -0.25) is 0 Å². The molecule has 0 aromatic carbocycles. The molecule has 2 nitrogen and oxygen atoms in total. The quantitative estimate of drug-likeness (QED) is 0.795. The van der Waals surface area contributed by atoms with Crippen LogP contribution in [0.3, 0.4) is 0 Å². The second-order valence-corrected chi connectivity index (χ2v) is 5.70. The number of aliphatic hydroxyl groups excluding tert-OH is 1. The van der Waals surface area contributed by atoms with E-state index in [2.05, 4.69) is 4.90 Å².